The SMILES string of the molecule is CC(C)=CCCC(C)=CCCC(C)=CCC(C=C(C)CCC=C(C)CCC=C(C)C)C(=O)O. The summed E-state index contributed by atoms with van der Waals surface area (Å²) in [5, 5.41) is 9.66. The second-order valence-electron chi connectivity index (χ2n) is 10.1. The van der Waals surface area contributed by atoms with E-state index in [-0.39, 0.29) is 0 Å². The summed E-state index contributed by atoms with van der Waals surface area (Å²) in [7, 11) is 0. The first-order chi connectivity index (χ1) is 15.5. The second-order valence-corrected chi connectivity index (χ2v) is 10.1. The van der Waals surface area contributed by atoms with E-state index in [1.54, 1.807) is 0 Å². The highest BCUT2D eigenvalue weighted by molar-refractivity contribution is 5.72. The van der Waals surface area contributed by atoms with E-state index in [0.29, 0.717) is 6.42 Å². The Balaban J connectivity index is 4.60. The summed E-state index contributed by atoms with van der Waals surface area (Å²) in [6.45, 7) is 17.1. The molecule has 0 radical (unpaired) electrons. The number of hydrogen-bond donors (Lipinski definition) is 1. The third-order valence-electron chi connectivity index (χ3n) is 5.77. The van der Waals surface area contributed by atoms with Gasteiger partial charge in [0.15, 0.2) is 0 Å². The smallest absolute Gasteiger partial charge is 0.310 e. The van der Waals surface area contributed by atoms with Crippen LogP contribution < -0.4 is 0 Å². The number of aliphatic carboxylic acids is 1. The predicted molar refractivity (Wildman–Crippen MR) is 147 cm³/mol. The lowest BCUT2D eigenvalue weighted by molar-refractivity contribution is -0.139. The lowest BCUT2D eigenvalue weighted by atomic mass is 9.97. The first-order valence-corrected chi connectivity index (χ1v) is 12.6. The zero-order valence-corrected chi connectivity index (χ0v) is 22.8. The third kappa shape index (κ3) is 19.1. The van der Waals surface area contributed by atoms with Gasteiger partial charge in [0, 0.05) is 0 Å². The molecule has 0 spiro atoms. The van der Waals surface area contributed by atoms with Crippen LogP contribution in [0.3, 0.4) is 0 Å². The van der Waals surface area contributed by atoms with Crippen molar-refractivity contribution >= 4 is 5.97 Å². The van der Waals surface area contributed by atoms with Crippen LogP contribution >= 0.6 is 0 Å². The average Bonchev–Trinajstić information content (AvgIpc) is 2.70. The van der Waals surface area contributed by atoms with Crippen LogP contribution in [-0.4, -0.2) is 11.1 Å². The summed E-state index contributed by atoms with van der Waals surface area (Å²) < 4.78 is 0. The van der Waals surface area contributed by atoms with Gasteiger partial charge in [-0.05, 0) is 113 Å². The Hall–Kier alpha value is -2.09. The maximum atomic E-state index is 11.7. The van der Waals surface area contributed by atoms with Crippen LogP contribution in [0.15, 0.2) is 69.9 Å². The van der Waals surface area contributed by atoms with Gasteiger partial charge in [0.05, 0.1) is 5.92 Å². The minimum atomic E-state index is -0.734. The van der Waals surface area contributed by atoms with E-state index < -0.39 is 11.9 Å². The first-order valence-electron chi connectivity index (χ1n) is 12.6. The molecule has 0 saturated carbocycles. The van der Waals surface area contributed by atoms with Crippen molar-refractivity contribution in [1.29, 1.82) is 0 Å². The van der Waals surface area contributed by atoms with E-state index in [4.69, 9.17) is 0 Å². The summed E-state index contributed by atoms with van der Waals surface area (Å²) in [5.41, 5.74) is 8.03. The van der Waals surface area contributed by atoms with Gasteiger partial charge < -0.3 is 5.11 Å². The Bertz CT molecular complexity index is 761. The number of rotatable bonds is 16. The average molecular weight is 455 g/mol. The van der Waals surface area contributed by atoms with E-state index in [2.05, 4.69) is 85.8 Å². The van der Waals surface area contributed by atoms with Crippen molar-refractivity contribution in [2.24, 2.45) is 5.92 Å². The molecule has 2 heteroatoms. The zero-order valence-electron chi connectivity index (χ0n) is 22.8. The van der Waals surface area contributed by atoms with Crippen LogP contribution in [0, 0.1) is 5.92 Å². The van der Waals surface area contributed by atoms with Crippen molar-refractivity contribution in [2.75, 3.05) is 0 Å². The van der Waals surface area contributed by atoms with Crippen molar-refractivity contribution in [3.8, 4) is 0 Å². The molecule has 186 valence electrons. The van der Waals surface area contributed by atoms with E-state index in [0.717, 1.165) is 56.9 Å². The standard InChI is InChI=1S/C31H50O2/c1-24(2)13-9-15-26(5)17-11-19-28(7)21-22-30(31(32)33)23-29(8)20-12-18-27(6)16-10-14-25(3)4/h13-14,17-18,21,23,30H,9-12,15-16,19-20,22H2,1-8H3,(H,32,33). The second kappa shape index (κ2) is 18.3. The van der Waals surface area contributed by atoms with E-state index in [9.17, 15) is 9.90 Å². The number of carboxylic acid groups (broad SMARTS) is 1. The normalized spacial score (nSPS) is 14.2. The minimum absolute atomic E-state index is 0.441. The van der Waals surface area contributed by atoms with Crippen molar-refractivity contribution in [3.05, 3.63) is 69.9 Å². The maximum Gasteiger partial charge on any atom is 0.310 e. The fraction of sp³-hybridized carbons (Fsp3) is 0.581. The van der Waals surface area contributed by atoms with Gasteiger partial charge in [0.1, 0.15) is 0 Å². The highest BCUT2D eigenvalue weighted by Crippen LogP contribution is 2.18. The molecule has 0 fully saturated rings. The maximum absolute atomic E-state index is 11.7. The molecule has 1 unspecified atom stereocenters. The van der Waals surface area contributed by atoms with Crippen LogP contribution in [0.1, 0.15) is 113 Å². The molecule has 0 amide bonds. The van der Waals surface area contributed by atoms with Crippen molar-refractivity contribution < 1.29 is 9.90 Å². The molecule has 0 aliphatic heterocycles. The number of carboxylic acids is 1. The summed E-state index contributed by atoms with van der Waals surface area (Å²) in [6.07, 6.45) is 22.1. The van der Waals surface area contributed by atoms with E-state index >= 15 is 0 Å². The molecule has 0 aromatic heterocycles. The van der Waals surface area contributed by atoms with Crippen LogP contribution in [-0.2, 0) is 4.79 Å². The molecule has 0 aromatic carbocycles. The number of hydrogen-bond acceptors (Lipinski definition) is 1. The van der Waals surface area contributed by atoms with Crippen molar-refractivity contribution in [3.63, 3.8) is 0 Å². The van der Waals surface area contributed by atoms with Crippen LogP contribution in [0.25, 0.3) is 0 Å². The summed E-state index contributed by atoms with van der Waals surface area (Å²) in [5.74, 6) is -1.18. The molecule has 0 rings (SSSR count). The van der Waals surface area contributed by atoms with Gasteiger partial charge in [-0.15, -0.1) is 0 Å². The molecule has 2 nitrogen and oxygen atoms in total. The van der Waals surface area contributed by atoms with E-state index in [1.807, 2.05) is 6.08 Å². The summed E-state index contributed by atoms with van der Waals surface area (Å²) in [4.78, 5) is 11.7. The topological polar surface area (TPSA) is 37.3 Å². The lowest BCUT2D eigenvalue weighted by Crippen LogP contribution is -2.10. The summed E-state index contributed by atoms with van der Waals surface area (Å²) >= 11 is 0. The van der Waals surface area contributed by atoms with Gasteiger partial charge in [-0.1, -0.05) is 69.9 Å². The zero-order chi connectivity index (χ0) is 25.2. The Morgan fingerprint density at radius 1 is 0.576 bits per heavy atom. The summed E-state index contributed by atoms with van der Waals surface area (Å²) in [6, 6.07) is 0. The molecule has 1 atom stereocenters. The fourth-order valence-electron chi connectivity index (χ4n) is 3.57. The largest absolute Gasteiger partial charge is 0.481 e. The van der Waals surface area contributed by atoms with Crippen molar-refractivity contribution in [2.45, 2.75) is 113 Å². The van der Waals surface area contributed by atoms with Gasteiger partial charge in [0.2, 0.25) is 0 Å². The third-order valence-corrected chi connectivity index (χ3v) is 5.77. The molecule has 0 heterocycles. The Labute approximate surface area is 205 Å². The molecule has 0 aromatic rings. The quantitative estimate of drug-likeness (QED) is 0.236. The monoisotopic (exact) mass is 454 g/mol. The lowest BCUT2D eigenvalue weighted by Gasteiger charge is -2.09. The Kier molecular flexibility index (Phi) is 17.2. The molecule has 0 aliphatic rings. The van der Waals surface area contributed by atoms with Crippen molar-refractivity contribution in [1.82, 2.24) is 0 Å². The number of carbonyl (C=O) groups is 1. The van der Waals surface area contributed by atoms with Crippen LogP contribution in [0.5, 0.6) is 0 Å². The Morgan fingerprint density at radius 2 is 0.939 bits per heavy atom. The van der Waals surface area contributed by atoms with Gasteiger partial charge in [0.25, 0.3) is 0 Å². The van der Waals surface area contributed by atoms with Gasteiger partial charge in [-0.3, -0.25) is 4.79 Å². The predicted octanol–water partition coefficient (Wildman–Crippen LogP) is 9.92. The first kappa shape index (κ1) is 30.9. The van der Waals surface area contributed by atoms with Crippen LogP contribution in [0.4, 0.5) is 0 Å². The van der Waals surface area contributed by atoms with Gasteiger partial charge in [-0.2, -0.15) is 0 Å². The molecular weight excluding hydrogens is 404 g/mol. The molecule has 1 N–H and O–H groups in total. The fourth-order valence-corrected chi connectivity index (χ4v) is 3.57. The highest BCUT2D eigenvalue weighted by Gasteiger charge is 2.13. The van der Waals surface area contributed by atoms with Gasteiger partial charge in [-0.25, -0.2) is 0 Å². The van der Waals surface area contributed by atoms with Gasteiger partial charge >= 0.3 is 5.97 Å². The molecule has 0 aliphatic carbocycles. The minimum Gasteiger partial charge on any atom is -0.481 e. The molecular formula is C31H50O2. The molecule has 0 saturated heterocycles. The molecule has 0 bridgehead atoms. The Morgan fingerprint density at radius 3 is 1.33 bits per heavy atom. The van der Waals surface area contributed by atoms with Crippen LogP contribution in [0.2, 0.25) is 0 Å². The highest BCUT2D eigenvalue weighted by atomic mass is 16.4. The molecule has 33 heavy (non-hydrogen) atoms. The number of allylic oxidation sites excluding steroid dienone is 11. The van der Waals surface area contributed by atoms with E-state index in [1.165, 1.54) is 27.9 Å².